The summed E-state index contributed by atoms with van der Waals surface area (Å²) in [6, 6.07) is 0. The average Bonchev–Trinajstić information content (AvgIpc) is 2.80. The van der Waals surface area contributed by atoms with Gasteiger partial charge in [0, 0.05) is 0 Å². The topological polar surface area (TPSA) is 12.0 Å². The number of hydrogen-bond donors (Lipinski definition) is 1. The summed E-state index contributed by atoms with van der Waals surface area (Å²) in [5.74, 6) is 0.182. The monoisotopic (exact) mass is 526 g/mol. The first-order chi connectivity index (χ1) is 12.4. The van der Waals surface area contributed by atoms with E-state index in [1.54, 1.807) is 16.7 Å². The Morgan fingerprint density at radius 3 is 1.64 bits per heavy atom. The molecule has 28 heavy (non-hydrogen) atoms. The van der Waals surface area contributed by atoms with Gasteiger partial charge in [0.1, 0.15) is 0 Å². The zero-order valence-electron chi connectivity index (χ0n) is 19.7. The quantitative estimate of drug-likeness (QED) is 0.177. The van der Waals surface area contributed by atoms with Crippen LogP contribution in [-0.4, -0.2) is 12.5 Å². The van der Waals surface area contributed by atoms with Crippen molar-refractivity contribution in [3.8, 4) is 0 Å². The third kappa shape index (κ3) is 10.4. The normalized spacial score (nSPS) is 16.5. The predicted octanol–water partition coefficient (Wildman–Crippen LogP) is 8.12. The predicted molar refractivity (Wildman–Crippen MR) is 133 cm³/mol. The molecule has 0 radical (unpaired) electrons. The molecular formula is C23H48Cl2NSiZr. The van der Waals surface area contributed by atoms with Crippen LogP contribution in [0.5, 0.6) is 0 Å². The van der Waals surface area contributed by atoms with E-state index in [-0.39, 0.29) is 24.8 Å². The van der Waals surface area contributed by atoms with Gasteiger partial charge < -0.3 is 0 Å². The molecule has 0 aromatic carbocycles. The van der Waals surface area contributed by atoms with E-state index in [2.05, 4.69) is 51.0 Å². The van der Waals surface area contributed by atoms with Crippen LogP contribution in [0.2, 0.25) is 13.1 Å². The van der Waals surface area contributed by atoms with Crippen LogP contribution in [0.15, 0.2) is 20.0 Å². The van der Waals surface area contributed by atoms with Gasteiger partial charge in [-0.05, 0) is 0 Å². The molecule has 1 atom stereocenters. The smallest absolute Gasteiger partial charge is 0.147 e. The SMILES string of the molecule is CCCCCCCCCCCC[NH][Zr]([C]1=C(C)C(C)=C(C)C1C)[SiH](C)C.Cl.Cl. The summed E-state index contributed by atoms with van der Waals surface area (Å²) in [5.41, 5.74) is 4.91. The molecule has 0 fully saturated rings. The second-order valence-corrected chi connectivity index (χ2v) is 27.2. The van der Waals surface area contributed by atoms with Crippen molar-refractivity contribution in [1.82, 2.24) is 3.26 Å². The fraction of sp³-hybridized carbons (Fsp3) is 0.826. The van der Waals surface area contributed by atoms with Gasteiger partial charge in [-0.2, -0.15) is 0 Å². The Hall–Kier alpha value is 1.12. The number of hydrogen-bond acceptors (Lipinski definition) is 1. The summed E-state index contributed by atoms with van der Waals surface area (Å²) in [7, 11) is 0. The van der Waals surface area contributed by atoms with Crippen LogP contribution in [0, 0.1) is 5.92 Å². The van der Waals surface area contributed by atoms with Gasteiger partial charge in [0.05, 0.1) is 0 Å². The molecule has 1 aliphatic carbocycles. The third-order valence-corrected chi connectivity index (χ3v) is 24.0. The first-order valence-corrected chi connectivity index (χ1v) is 21.0. The minimum Gasteiger partial charge on any atom is -0.147 e. The zero-order valence-corrected chi connectivity index (χ0v) is 25.0. The first-order valence-electron chi connectivity index (χ1n) is 11.4. The number of halogens is 2. The van der Waals surface area contributed by atoms with E-state index >= 15 is 0 Å². The Labute approximate surface area is 198 Å². The van der Waals surface area contributed by atoms with Gasteiger partial charge in [-0.1, -0.05) is 6.92 Å². The van der Waals surface area contributed by atoms with Crippen molar-refractivity contribution in [2.45, 2.75) is 112 Å². The van der Waals surface area contributed by atoms with Crippen LogP contribution in [0.1, 0.15) is 98.8 Å². The fourth-order valence-electron chi connectivity index (χ4n) is 4.24. The van der Waals surface area contributed by atoms with Crippen molar-refractivity contribution in [3.05, 3.63) is 20.0 Å². The maximum Gasteiger partial charge on any atom is -0.147 e. The van der Waals surface area contributed by atoms with Gasteiger partial charge in [-0.3, -0.25) is 0 Å². The molecule has 0 spiro atoms. The van der Waals surface area contributed by atoms with Crippen molar-refractivity contribution in [2.24, 2.45) is 5.92 Å². The molecule has 0 aliphatic heterocycles. The molecule has 0 heterocycles. The molecule has 1 N–H and O–H groups in total. The molecule has 0 saturated heterocycles. The molecule has 0 bridgehead atoms. The minimum atomic E-state index is -1.57. The zero-order chi connectivity index (χ0) is 19.5. The average molecular weight is 529 g/mol. The van der Waals surface area contributed by atoms with E-state index in [0.717, 1.165) is 5.92 Å². The van der Waals surface area contributed by atoms with Gasteiger partial charge in [0.25, 0.3) is 0 Å². The molecule has 1 rings (SSSR count). The molecule has 0 aromatic rings. The van der Waals surface area contributed by atoms with E-state index in [9.17, 15) is 0 Å². The Balaban J connectivity index is 0. The van der Waals surface area contributed by atoms with E-state index < -0.39 is 27.1 Å². The Bertz CT molecular complexity index is 477. The summed E-state index contributed by atoms with van der Waals surface area (Å²) < 4.78 is 6.08. The first kappa shape index (κ1) is 31.3. The van der Waals surface area contributed by atoms with Gasteiger partial charge in [-0.25, -0.2) is 0 Å². The minimum absolute atomic E-state index is 0. The molecule has 1 nitrogen and oxygen atoms in total. The standard InChI is InChI=1S/C12H26N.C9H13.C2H7Si.2ClH.Zr/c1-2-3-4-5-6-7-8-9-10-11-12-13;1-6-5-7(2)9(4)8(6)3;1-3-2;;;/h13H,2-12H2,1H3;6H,1-4H3;3H,1-2H3;2*1H;/q-1;;;;;+1. The Kier molecular flexibility index (Phi) is 19.9. The third-order valence-electron chi connectivity index (χ3n) is 6.35. The summed E-state index contributed by atoms with van der Waals surface area (Å²) in [4.78, 5) is 0. The maximum atomic E-state index is 4.16. The van der Waals surface area contributed by atoms with Crippen LogP contribution >= 0.6 is 24.8 Å². The van der Waals surface area contributed by atoms with Gasteiger partial charge in [-0.15, -0.1) is 24.8 Å². The molecule has 5 heteroatoms. The van der Waals surface area contributed by atoms with Crippen molar-refractivity contribution < 1.29 is 21.2 Å². The van der Waals surface area contributed by atoms with Crippen LogP contribution in [0.3, 0.4) is 0 Å². The molecule has 167 valence electrons. The van der Waals surface area contributed by atoms with Crippen molar-refractivity contribution in [2.75, 3.05) is 6.54 Å². The molecule has 1 aliphatic rings. The molecule has 0 aromatic heterocycles. The Morgan fingerprint density at radius 2 is 1.25 bits per heavy atom. The number of unbranched alkanes of at least 4 members (excludes halogenated alkanes) is 9. The van der Waals surface area contributed by atoms with E-state index in [0.29, 0.717) is 0 Å². The van der Waals surface area contributed by atoms with Crippen LogP contribution in [0.4, 0.5) is 0 Å². The van der Waals surface area contributed by atoms with Crippen LogP contribution in [0.25, 0.3) is 0 Å². The summed E-state index contributed by atoms with van der Waals surface area (Å²) in [6.07, 6.45) is 14.4. The van der Waals surface area contributed by atoms with Crippen molar-refractivity contribution >= 4 is 30.7 Å². The fourth-order valence-corrected chi connectivity index (χ4v) is 21.2. The van der Waals surface area contributed by atoms with E-state index in [1.807, 2.05) is 3.28 Å². The van der Waals surface area contributed by atoms with Crippen molar-refractivity contribution in [1.29, 1.82) is 0 Å². The number of allylic oxidation sites excluding steroid dienone is 4. The largest absolute Gasteiger partial charge is 0.147 e. The summed E-state index contributed by atoms with van der Waals surface area (Å²) >= 11 is -1.57. The molecular weight excluding hydrogens is 480 g/mol. The van der Waals surface area contributed by atoms with Gasteiger partial charge in [0.15, 0.2) is 0 Å². The van der Waals surface area contributed by atoms with Gasteiger partial charge in [0.2, 0.25) is 0 Å². The molecule has 0 saturated carbocycles. The molecule has 0 amide bonds. The van der Waals surface area contributed by atoms with E-state index in [1.165, 1.54) is 70.8 Å². The maximum absolute atomic E-state index is 4.16. The van der Waals surface area contributed by atoms with Crippen LogP contribution < -0.4 is 3.26 Å². The summed E-state index contributed by atoms with van der Waals surface area (Å²) in [5, 5.41) is 0. The van der Waals surface area contributed by atoms with E-state index in [4.69, 9.17) is 0 Å². The summed E-state index contributed by atoms with van der Waals surface area (Å²) in [6.45, 7) is 18.3. The molecule has 1 unspecified atom stereocenters. The van der Waals surface area contributed by atoms with Crippen molar-refractivity contribution in [3.63, 3.8) is 0 Å². The number of rotatable bonds is 14. The van der Waals surface area contributed by atoms with Gasteiger partial charge >= 0.3 is 168 Å². The second-order valence-electron chi connectivity index (χ2n) is 8.75. The van der Waals surface area contributed by atoms with Crippen LogP contribution in [-0.2, 0) is 21.2 Å². The second kappa shape index (κ2) is 17.8. The number of nitrogens with one attached hydrogen (secondary N) is 1. The Morgan fingerprint density at radius 1 is 0.786 bits per heavy atom.